The minimum atomic E-state index is 0.606. The van der Waals surface area contributed by atoms with Crippen LogP contribution < -0.4 is 0 Å². The third-order valence-electron chi connectivity index (χ3n) is 4.35. The Morgan fingerprint density at radius 2 is 2.04 bits per heavy atom. The Labute approximate surface area is 163 Å². The molecule has 0 aliphatic carbocycles. The van der Waals surface area contributed by atoms with Crippen molar-refractivity contribution >= 4 is 44.3 Å². The number of hydrogen-bond acceptors (Lipinski definition) is 7. The van der Waals surface area contributed by atoms with Crippen LogP contribution in [0.1, 0.15) is 5.56 Å². The maximum Gasteiger partial charge on any atom is 0.204 e. The number of imidazole rings is 1. The van der Waals surface area contributed by atoms with E-state index in [1.54, 1.807) is 30.1 Å². The van der Waals surface area contributed by atoms with Gasteiger partial charge in [-0.1, -0.05) is 17.8 Å². The lowest BCUT2D eigenvalue weighted by molar-refractivity contribution is 0.630. The first-order valence-electron chi connectivity index (χ1n) is 8.32. The molecule has 134 valence electrons. The molecule has 0 unspecified atom stereocenters. The van der Waals surface area contributed by atoms with Crippen molar-refractivity contribution < 1.29 is 0 Å². The van der Waals surface area contributed by atoms with Crippen LogP contribution in [-0.4, -0.2) is 41.0 Å². The lowest BCUT2D eigenvalue weighted by Crippen LogP contribution is -1.97. The van der Waals surface area contributed by atoms with Gasteiger partial charge >= 0.3 is 0 Å². The average molecular weight is 394 g/mol. The Kier molecular flexibility index (Phi) is 3.91. The highest BCUT2D eigenvalue weighted by atomic mass is 32.2. The van der Waals surface area contributed by atoms with Crippen molar-refractivity contribution in [3.8, 4) is 11.4 Å². The predicted molar refractivity (Wildman–Crippen MR) is 108 cm³/mol. The van der Waals surface area contributed by atoms with Gasteiger partial charge < -0.3 is 4.57 Å². The quantitative estimate of drug-likeness (QED) is 0.434. The van der Waals surface area contributed by atoms with Crippen molar-refractivity contribution in [1.82, 2.24) is 34.7 Å². The van der Waals surface area contributed by atoms with Gasteiger partial charge in [-0.05, 0) is 47.4 Å². The second-order valence-electron chi connectivity index (χ2n) is 6.16. The monoisotopic (exact) mass is 393 g/mol. The second kappa shape index (κ2) is 6.43. The molecule has 0 fully saturated rings. The molecule has 0 N–H and O–H groups in total. The van der Waals surface area contributed by atoms with Gasteiger partial charge in [0.05, 0.1) is 34.6 Å². The van der Waals surface area contributed by atoms with Crippen molar-refractivity contribution in [2.45, 2.75) is 10.9 Å². The lowest BCUT2D eigenvalue weighted by Gasteiger charge is -2.05. The molecule has 5 rings (SSSR count). The molecule has 0 amide bonds. The first-order chi connectivity index (χ1) is 13.2. The van der Waals surface area contributed by atoms with Gasteiger partial charge in [0.2, 0.25) is 5.82 Å². The number of fused-ring (bicyclic) bond motifs is 2. The number of thiazole rings is 1. The fraction of sp³-hybridized carbons (Fsp3) is 0.167. The number of rotatable bonds is 4. The molecule has 0 aliphatic rings. The van der Waals surface area contributed by atoms with E-state index in [1.165, 1.54) is 15.1 Å². The Bertz CT molecular complexity index is 1270. The summed E-state index contributed by atoms with van der Waals surface area (Å²) in [7, 11) is 1.76. The summed E-state index contributed by atoms with van der Waals surface area (Å²) in [6.07, 6.45) is 3.93. The smallest absolute Gasteiger partial charge is 0.204 e. The Morgan fingerprint density at radius 1 is 1.11 bits per heavy atom. The summed E-state index contributed by atoms with van der Waals surface area (Å²) in [6.45, 7) is 0.766. The van der Waals surface area contributed by atoms with Gasteiger partial charge in [-0.25, -0.2) is 9.97 Å². The van der Waals surface area contributed by atoms with Crippen LogP contribution in [0.3, 0.4) is 0 Å². The zero-order chi connectivity index (χ0) is 18.4. The molecule has 9 heteroatoms. The minimum Gasteiger partial charge on any atom is -0.326 e. The molecule has 3 heterocycles. The number of aryl methyl sites for hydroxylation is 1. The summed E-state index contributed by atoms with van der Waals surface area (Å²) < 4.78 is 4.47. The molecule has 2 aromatic carbocycles. The summed E-state index contributed by atoms with van der Waals surface area (Å²) in [5.41, 5.74) is 5.21. The van der Waals surface area contributed by atoms with E-state index >= 15 is 0 Å². The minimum absolute atomic E-state index is 0.606. The topological polar surface area (TPSA) is 74.3 Å². The van der Waals surface area contributed by atoms with E-state index in [4.69, 9.17) is 0 Å². The van der Waals surface area contributed by atoms with Gasteiger partial charge in [0.25, 0.3) is 0 Å². The van der Waals surface area contributed by atoms with Crippen LogP contribution in [0.5, 0.6) is 0 Å². The van der Waals surface area contributed by atoms with E-state index in [2.05, 4.69) is 60.5 Å². The highest BCUT2D eigenvalue weighted by molar-refractivity contribution is 8.00. The zero-order valence-corrected chi connectivity index (χ0v) is 16.3. The molecule has 5 aromatic rings. The fourth-order valence-electron chi connectivity index (χ4n) is 3.06. The second-order valence-corrected chi connectivity index (χ2v) is 8.25. The van der Waals surface area contributed by atoms with Crippen molar-refractivity contribution in [3.05, 3.63) is 48.3 Å². The van der Waals surface area contributed by atoms with Crippen LogP contribution in [0, 0.1) is 0 Å². The summed E-state index contributed by atoms with van der Waals surface area (Å²) in [5.74, 6) is 0.606. The van der Waals surface area contributed by atoms with Crippen LogP contribution in [0.25, 0.3) is 32.6 Å². The molecule has 0 saturated carbocycles. The molecule has 0 spiro atoms. The maximum atomic E-state index is 4.60. The first kappa shape index (κ1) is 16.4. The average Bonchev–Trinajstić information content (AvgIpc) is 3.39. The fourth-order valence-corrected chi connectivity index (χ4v) is 4.61. The Hall–Kier alpha value is -2.78. The molecule has 0 radical (unpaired) electrons. The molecule has 3 aromatic heterocycles. The number of benzene rings is 2. The van der Waals surface area contributed by atoms with Gasteiger partial charge in [-0.2, -0.15) is 4.80 Å². The molecule has 0 atom stereocenters. The van der Waals surface area contributed by atoms with Crippen LogP contribution in [0.2, 0.25) is 0 Å². The number of thioether (sulfide) groups is 1. The number of tetrazole rings is 1. The summed E-state index contributed by atoms with van der Waals surface area (Å²) in [4.78, 5) is 10.6. The number of hydrogen-bond donors (Lipinski definition) is 0. The van der Waals surface area contributed by atoms with E-state index in [-0.39, 0.29) is 0 Å². The SMILES string of the molecule is CSc1nc2ccc(Cn3cnc4cc(-c5nnn(C)n5)ccc43)cc2s1. The maximum absolute atomic E-state index is 4.60. The summed E-state index contributed by atoms with van der Waals surface area (Å²) in [6, 6.07) is 12.5. The molecular weight excluding hydrogens is 378 g/mol. The van der Waals surface area contributed by atoms with Gasteiger partial charge in [-0.15, -0.1) is 21.5 Å². The van der Waals surface area contributed by atoms with Crippen LogP contribution in [0.15, 0.2) is 47.1 Å². The largest absolute Gasteiger partial charge is 0.326 e. The third-order valence-corrected chi connectivity index (χ3v) is 6.35. The van der Waals surface area contributed by atoms with Gasteiger partial charge in [-0.3, -0.25) is 0 Å². The number of aromatic nitrogens is 7. The zero-order valence-electron chi connectivity index (χ0n) is 14.7. The molecule has 0 aliphatic heterocycles. The molecule has 27 heavy (non-hydrogen) atoms. The van der Waals surface area contributed by atoms with Crippen LogP contribution in [-0.2, 0) is 13.6 Å². The normalized spacial score (nSPS) is 11.6. The summed E-state index contributed by atoms with van der Waals surface area (Å²) in [5, 5.41) is 12.2. The molecular formula is C18H15N7S2. The van der Waals surface area contributed by atoms with Gasteiger partial charge in [0.15, 0.2) is 4.34 Å². The van der Waals surface area contributed by atoms with Crippen molar-refractivity contribution in [2.75, 3.05) is 6.26 Å². The molecule has 0 bridgehead atoms. The highest BCUT2D eigenvalue weighted by Gasteiger charge is 2.10. The standard InChI is InChI=1S/C18H15N7S2/c1-24-22-17(21-23-24)12-4-6-15-14(8-12)19-10-25(15)9-11-3-5-13-16(7-11)27-18(20-13)26-2/h3-8,10H,9H2,1-2H3. The van der Waals surface area contributed by atoms with Crippen molar-refractivity contribution in [2.24, 2.45) is 7.05 Å². The first-order valence-corrected chi connectivity index (χ1v) is 10.4. The third kappa shape index (κ3) is 2.98. The van der Waals surface area contributed by atoms with Crippen LogP contribution in [0.4, 0.5) is 0 Å². The van der Waals surface area contributed by atoms with E-state index in [0.29, 0.717) is 5.82 Å². The number of nitrogens with zero attached hydrogens (tertiary/aromatic N) is 7. The predicted octanol–water partition coefficient (Wildman–Crippen LogP) is 3.61. The highest BCUT2D eigenvalue weighted by Crippen LogP contribution is 2.29. The van der Waals surface area contributed by atoms with Crippen molar-refractivity contribution in [3.63, 3.8) is 0 Å². The van der Waals surface area contributed by atoms with Crippen LogP contribution >= 0.6 is 23.1 Å². The lowest BCUT2D eigenvalue weighted by atomic mass is 10.2. The van der Waals surface area contributed by atoms with E-state index in [9.17, 15) is 0 Å². The van der Waals surface area contributed by atoms with Crippen molar-refractivity contribution in [1.29, 1.82) is 0 Å². The van der Waals surface area contributed by atoms with E-state index < -0.39 is 0 Å². The van der Waals surface area contributed by atoms with Gasteiger partial charge in [0, 0.05) is 12.1 Å². The molecule has 7 nitrogen and oxygen atoms in total. The van der Waals surface area contributed by atoms with Gasteiger partial charge in [0.1, 0.15) is 0 Å². The Balaban J connectivity index is 1.48. The van der Waals surface area contributed by atoms with E-state index in [1.807, 2.05) is 18.5 Å². The Morgan fingerprint density at radius 3 is 2.85 bits per heavy atom. The molecule has 0 saturated heterocycles. The van der Waals surface area contributed by atoms with E-state index in [0.717, 1.165) is 33.0 Å². The summed E-state index contributed by atoms with van der Waals surface area (Å²) >= 11 is 3.42.